The number of amides is 1. The van der Waals surface area contributed by atoms with Crippen LogP contribution >= 0.6 is 11.3 Å². The molecule has 0 aliphatic rings. The molecule has 1 aromatic carbocycles. The Bertz CT molecular complexity index is 761. The van der Waals surface area contributed by atoms with Crippen molar-refractivity contribution in [2.45, 2.75) is 20.4 Å². The van der Waals surface area contributed by atoms with Gasteiger partial charge in [0.1, 0.15) is 10.7 Å². The number of carbonyl (C=O) groups is 2. The molecule has 134 valence electrons. The quantitative estimate of drug-likeness (QED) is 0.765. The highest BCUT2D eigenvalue weighted by molar-refractivity contribution is 7.18. The average Bonchev–Trinajstić information content (AvgIpc) is 2.90. The first-order valence-corrected chi connectivity index (χ1v) is 8.71. The Balaban J connectivity index is 1.93. The molecule has 25 heavy (non-hydrogen) atoms. The molecule has 0 unspecified atom stereocenters. The van der Waals surface area contributed by atoms with Crippen molar-refractivity contribution in [3.63, 3.8) is 0 Å². The summed E-state index contributed by atoms with van der Waals surface area (Å²) < 4.78 is 18.6. The predicted octanol–water partition coefficient (Wildman–Crippen LogP) is 3.44. The normalized spacial score (nSPS) is 10.8. The van der Waals surface area contributed by atoms with Crippen LogP contribution in [-0.4, -0.2) is 37.0 Å². The van der Waals surface area contributed by atoms with Crippen molar-refractivity contribution < 1.29 is 18.7 Å². The Morgan fingerprint density at radius 2 is 2.04 bits per heavy atom. The van der Waals surface area contributed by atoms with Crippen LogP contribution < -0.4 is 5.32 Å². The Labute approximate surface area is 150 Å². The number of anilines is 1. The molecule has 0 fully saturated rings. The molecule has 7 heteroatoms. The van der Waals surface area contributed by atoms with E-state index >= 15 is 0 Å². The van der Waals surface area contributed by atoms with Gasteiger partial charge in [-0.3, -0.25) is 9.69 Å². The van der Waals surface area contributed by atoms with E-state index in [9.17, 15) is 14.0 Å². The van der Waals surface area contributed by atoms with E-state index in [1.54, 1.807) is 50.1 Å². The van der Waals surface area contributed by atoms with Crippen molar-refractivity contribution in [2.24, 2.45) is 0 Å². The first kappa shape index (κ1) is 19.1. The number of ether oxygens (including phenoxy) is 1. The van der Waals surface area contributed by atoms with Crippen molar-refractivity contribution in [3.05, 3.63) is 52.2 Å². The van der Waals surface area contributed by atoms with Crippen LogP contribution in [0.4, 0.5) is 9.39 Å². The number of benzene rings is 1. The molecule has 1 aromatic heterocycles. The molecule has 0 saturated heterocycles. The van der Waals surface area contributed by atoms with Crippen LogP contribution in [0.15, 0.2) is 30.3 Å². The molecule has 0 spiro atoms. The topological polar surface area (TPSA) is 58.6 Å². The summed E-state index contributed by atoms with van der Waals surface area (Å²) in [6.07, 6.45) is 0. The van der Waals surface area contributed by atoms with Gasteiger partial charge in [-0.1, -0.05) is 18.2 Å². The third kappa shape index (κ3) is 5.37. The molecular weight excluding hydrogens is 343 g/mol. The molecule has 0 atom stereocenters. The van der Waals surface area contributed by atoms with Crippen LogP contribution in [0.1, 0.15) is 27.7 Å². The van der Waals surface area contributed by atoms with Gasteiger partial charge < -0.3 is 10.1 Å². The number of esters is 1. The smallest absolute Gasteiger partial charge is 0.348 e. The number of hydrogen-bond donors (Lipinski definition) is 1. The first-order valence-electron chi connectivity index (χ1n) is 7.90. The van der Waals surface area contributed by atoms with Gasteiger partial charge in [-0.15, -0.1) is 11.3 Å². The minimum atomic E-state index is -0.387. The van der Waals surface area contributed by atoms with Gasteiger partial charge >= 0.3 is 5.97 Å². The van der Waals surface area contributed by atoms with E-state index in [0.29, 0.717) is 28.6 Å². The van der Waals surface area contributed by atoms with Gasteiger partial charge in [0.05, 0.1) is 18.2 Å². The van der Waals surface area contributed by atoms with E-state index < -0.39 is 0 Å². The van der Waals surface area contributed by atoms with E-state index in [1.807, 2.05) is 0 Å². The lowest BCUT2D eigenvalue weighted by molar-refractivity contribution is -0.117. The van der Waals surface area contributed by atoms with E-state index in [2.05, 4.69) is 5.32 Å². The molecule has 0 aliphatic carbocycles. The molecule has 0 saturated carbocycles. The third-order valence-electron chi connectivity index (χ3n) is 3.45. The fraction of sp³-hybridized carbons (Fsp3) is 0.333. The number of nitrogens with zero attached hydrogens (tertiary/aromatic N) is 1. The van der Waals surface area contributed by atoms with Crippen molar-refractivity contribution in [2.75, 3.05) is 25.5 Å². The zero-order chi connectivity index (χ0) is 18.4. The average molecular weight is 364 g/mol. The van der Waals surface area contributed by atoms with Gasteiger partial charge in [0.15, 0.2) is 0 Å². The Hall–Kier alpha value is -2.25. The fourth-order valence-electron chi connectivity index (χ4n) is 2.34. The number of nitrogens with one attached hydrogen (secondary N) is 1. The van der Waals surface area contributed by atoms with E-state index in [1.165, 1.54) is 17.4 Å². The highest BCUT2D eigenvalue weighted by atomic mass is 32.1. The summed E-state index contributed by atoms with van der Waals surface area (Å²) in [6.45, 7) is 4.29. The molecule has 0 bridgehead atoms. The summed E-state index contributed by atoms with van der Waals surface area (Å²) >= 11 is 1.18. The maximum absolute atomic E-state index is 13.7. The largest absolute Gasteiger partial charge is 0.462 e. The molecule has 2 rings (SSSR count). The molecule has 1 heterocycles. The van der Waals surface area contributed by atoms with E-state index in [4.69, 9.17) is 4.74 Å². The van der Waals surface area contributed by atoms with E-state index in [0.717, 1.165) is 5.56 Å². The lowest BCUT2D eigenvalue weighted by Crippen LogP contribution is -2.29. The van der Waals surface area contributed by atoms with Crippen LogP contribution in [0, 0.1) is 12.7 Å². The number of rotatable bonds is 7. The highest BCUT2D eigenvalue weighted by Crippen LogP contribution is 2.27. The highest BCUT2D eigenvalue weighted by Gasteiger charge is 2.16. The summed E-state index contributed by atoms with van der Waals surface area (Å²) in [6, 6.07) is 8.22. The summed E-state index contributed by atoms with van der Waals surface area (Å²) in [5.41, 5.74) is 1.30. The van der Waals surface area contributed by atoms with Crippen LogP contribution in [0.5, 0.6) is 0 Å². The lowest BCUT2D eigenvalue weighted by atomic mass is 10.2. The summed E-state index contributed by atoms with van der Waals surface area (Å²) in [5, 5.41) is 3.36. The zero-order valence-electron chi connectivity index (χ0n) is 14.5. The minimum Gasteiger partial charge on any atom is -0.462 e. The molecular formula is C18H21FN2O3S. The summed E-state index contributed by atoms with van der Waals surface area (Å²) in [7, 11) is 1.75. The number of carbonyl (C=O) groups excluding carboxylic acids is 2. The fourth-order valence-corrected chi connectivity index (χ4v) is 3.32. The number of aryl methyl sites for hydroxylation is 1. The second-order valence-electron chi connectivity index (χ2n) is 5.66. The van der Waals surface area contributed by atoms with Gasteiger partial charge in [-0.25, -0.2) is 9.18 Å². The van der Waals surface area contributed by atoms with Gasteiger partial charge in [-0.05, 0) is 38.6 Å². The SMILES string of the molecule is CCOC(=O)c1sc(NC(=O)CN(C)Cc2ccccc2F)cc1C. The van der Waals surface area contributed by atoms with Crippen molar-refractivity contribution in [1.82, 2.24) is 4.90 Å². The minimum absolute atomic E-state index is 0.111. The van der Waals surface area contributed by atoms with Gasteiger partial charge in [0, 0.05) is 12.1 Å². The Morgan fingerprint density at radius 3 is 2.72 bits per heavy atom. The first-order chi connectivity index (χ1) is 11.9. The molecule has 0 aliphatic heterocycles. The lowest BCUT2D eigenvalue weighted by Gasteiger charge is -2.16. The number of halogens is 1. The third-order valence-corrected chi connectivity index (χ3v) is 4.59. The Kier molecular flexibility index (Phi) is 6.66. The summed E-state index contributed by atoms with van der Waals surface area (Å²) in [5.74, 6) is -0.902. The second kappa shape index (κ2) is 8.73. The maximum atomic E-state index is 13.7. The molecule has 0 radical (unpaired) electrons. The number of hydrogen-bond acceptors (Lipinski definition) is 5. The van der Waals surface area contributed by atoms with Crippen LogP contribution in [-0.2, 0) is 16.1 Å². The monoisotopic (exact) mass is 364 g/mol. The van der Waals surface area contributed by atoms with Gasteiger partial charge in [-0.2, -0.15) is 0 Å². The Morgan fingerprint density at radius 1 is 1.32 bits per heavy atom. The summed E-state index contributed by atoms with van der Waals surface area (Å²) in [4.78, 5) is 26.2. The number of thiophene rings is 1. The van der Waals surface area contributed by atoms with Crippen LogP contribution in [0.3, 0.4) is 0 Å². The van der Waals surface area contributed by atoms with Gasteiger partial charge in [0.25, 0.3) is 0 Å². The van der Waals surface area contributed by atoms with E-state index in [-0.39, 0.29) is 24.2 Å². The van der Waals surface area contributed by atoms with Crippen molar-refractivity contribution in [1.29, 1.82) is 0 Å². The van der Waals surface area contributed by atoms with Crippen LogP contribution in [0.25, 0.3) is 0 Å². The van der Waals surface area contributed by atoms with Crippen LogP contribution in [0.2, 0.25) is 0 Å². The molecule has 1 amide bonds. The maximum Gasteiger partial charge on any atom is 0.348 e. The zero-order valence-corrected chi connectivity index (χ0v) is 15.3. The van der Waals surface area contributed by atoms with Gasteiger partial charge in [0.2, 0.25) is 5.91 Å². The molecule has 5 nitrogen and oxygen atoms in total. The number of likely N-dealkylation sites (N-methyl/N-ethyl adjacent to an activating group) is 1. The molecule has 1 N–H and O–H groups in total. The molecule has 2 aromatic rings. The van der Waals surface area contributed by atoms with Crippen molar-refractivity contribution in [3.8, 4) is 0 Å². The van der Waals surface area contributed by atoms with Crippen molar-refractivity contribution >= 4 is 28.2 Å². The predicted molar refractivity (Wildman–Crippen MR) is 96.4 cm³/mol. The standard InChI is InChI=1S/C18H21FN2O3S/c1-4-24-18(23)17-12(2)9-16(25-17)20-15(22)11-21(3)10-13-7-5-6-8-14(13)19/h5-9H,4,10-11H2,1-3H3,(H,20,22). The second-order valence-corrected chi connectivity index (χ2v) is 6.71.